The topological polar surface area (TPSA) is 30.5 Å². The number of methoxy groups -OCH3 is 1. The largest absolute Gasteiger partial charge is 0.383 e. The van der Waals surface area contributed by atoms with E-state index in [0.717, 1.165) is 32.7 Å². The predicted molar refractivity (Wildman–Crippen MR) is 71.4 cm³/mol. The Morgan fingerprint density at radius 3 is 2.47 bits per heavy atom. The molecule has 0 radical (unpaired) electrons. The lowest BCUT2D eigenvalue weighted by Crippen LogP contribution is -2.27. The number of hydrogen-bond acceptors (Lipinski definition) is 3. The zero-order valence-electron chi connectivity index (χ0n) is 11.8. The molecular formula is C14H29NO2. The van der Waals surface area contributed by atoms with E-state index in [4.69, 9.17) is 9.47 Å². The summed E-state index contributed by atoms with van der Waals surface area (Å²) in [5, 5.41) is 3.33. The van der Waals surface area contributed by atoms with Gasteiger partial charge in [0.25, 0.3) is 0 Å². The van der Waals surface area contributed by atoms with Crippen LogP contribution in [-0.2, 0) is 9.47 Å². The van der Waals surface area contributed by atoms with Crippen molar-refractivity contribution in [1.29, 1.82) is 0 Å². The Labute approximate surface area is 106 Å². The Morgan fingerprint density at radius 1 is 1.12 bits per heavy atom. The molecule has 0 heterocycles. The first kappa shape index (κ1) is 14.9. The monoisotopic (exact) mass is 243 g/mol. The zero-order valence-corrected chi connectivity index (χ0v) is 11.8. The minimum absolute atomic E-state index is 0.516. The summed E-state index contributed by atoms with van der Waals surface area (Å²) in [6.07, 6.45) is 6.72. The molecule has 3 heteroatoms. The third kappa shape index (κ3) is 7.02. The lowest BCUT2D eigenvalue weighted by molar-refractivity contribution is 0.00347. The molecule has 3 nitrogen and oxygen atoms in total. The van der Waals surface area contributed by atoms with Crippen molar-refractivity contribution < 1.29 is 9.47 Å². The number of nitrogens with one attached hydrogen (secondary N) is 1. The van der Waals surface area contributed by atoms with Crippen molar-refractivity contribution in [2.75, 3.05) is 33.4 Å². The summed E-state index contributed by atoms with van der Waals surface area (Å²) in [7, 11) is 1.73. The minimum Gasteiger partial charge on any atom is -0.383 e. The van der Waals surface area contributed by atoms with Crippen LogP contribution in [0.15, 0.2) is 0 Å². The molecule has 102 valence electrons. The first-order valence-electron chi connectivity index (χ1n) is 6.95. The third-order valence-corrected chi connectivity index (χ3v) is 3.62. The molecule has 1 aliphatic rings. The molecule has 0 aliphatic heterocycles. The number of ether oxygens (including phenoxy) is 2. The van der Waals surface area contributed by atoms with Crippen molar-refractivity contribution in [2.24, 2.45) is 5.41 Å². The van der Waals surface area contributed by atoms with Crippen molar-refractivity contribution in [3.63, 3.8) is 0 Å². The highest BCUT2D eigenvalue weighted by molar-refractivity contribution is 4.78. The van der Waals surface area contributed by atoms with E-state index in [1.165, 1.54) is 25.7 Å². The molecule has 0 unspecified atom stereocenters. The molecule has 0 amide bonds. The van der Waals surface area contributed by atoms with E-state index in [0.29, 0.717) is 11.5 Å². The van der Waals surface area contributed by atoms with Gasteiger partial charge in [-0.1, -0.05) is 13.8 Å². The Morgan fingerprint density at radius 2 is 1.82 bits per heavy atom. The second-order valence-corrected chi connectivity index (χ2v) is 5.83. The Hall–Kier alpha value is -0.120. The predicted octanol–water partition coefficient (Wildman–Crippen LogP) is 2.60. The first-order valence-corrected chi connectivity index (χ1v) is 6.95. The third-order valence-electron chi connectivity index (χ3n) is 3.62. The molecule has 1 N–H and O–H groups in total. The lowest BCUT2D eigenvalue weighted by Gasteiger charge is -2.34. The highest BCUT2D eigenvalue weighted by Gasteiger charge is 2.26. The van der Waals surface area contributed by atoms with Crippen LogP contribution in [0.1, 0.15) is 46.0 Å². The van der Waals surface area contributed by atoms with E-state index in [1.54, 1.807) is 7.11 Å². The van der Waals surface area contributed by atoms with Gasteiger partial charge < -0.3 is 14.8 Å². The van der Waals surface area contributed by atoms with Gasteiger partial charge in [0.1, 0.15) is 0 Å². The van der Waals surface area contributed by atoms with E-state index in [1.807, 2.05) is 0 Å². The number of hydrogen-bond donors (Lipinski definition) is 1. The molecular weight excluding hydrogens is 214 g/mol. The van der Waals surface area contributed by atoms with Gasteiger partial charge in [-0.2, -0.15) is 0 Å². The maximum atomic E-state index is 5.91. The zero-order chi connectivity index (χ0) is 12.6. The molecule has 0 spiro atoms. The van der Waals surface area contributed by atoms with Gasteiger partial charge in [0.05, 0.1) is 12.7 Å². The van der Waals surface area contributed by atoms with Crippen molar-refractivity contribution in [3.05, 3.63) is 0 Å². The van der Waals surface area contributed by atoms with Crippen LogP contribution in [0, 0.1) is 5.41 Å². The second-order valence-electron chi connectivity index (χ2n) is 5.83. The van der Waals surface area contributed by atoms with Gasteiger partial charge in [-0.3, -0.25) is 0 Å². The van der Waals surface area contributed by atoms with Crippen LogP contribution in [0.3, 0.4) is 0 Å². The average molecular weight is 243 g/mol. The number of rotatable bonds is 8. The van der Waals surface area contributed by atoms with E-state index in [2.05, 4.69) is 19.2 Å². The molecule has 17 heavy (non-hydrogen) atoms. The minimum atomic E-state index is 0.516. The second kappa shape index (κ2) is 8.06. The Kier molecular flexibility index (Phi) is 7.09. The van der Waals surface area contributed by atoms with Crippen molar-refractivity contribution in [1.82, 2.24) is 5.32 Å². The summed E-state index contributed by atoms with van der Waals surface area (Å²) in [6, 6.07) is 0. The summed E-state index contributed by atoms with van der Waals surface area (Å²) >= 11 is 0. The highest BCUT2D eigenvalue weighted by atomic mass is 16.5. The molecule has 0 atom stereocenters. The lowest BCUT2D eigenvalue weighted by atomic mass is 9.76. The normalized spacial score (nSPS) is 20.6. The molecule has 0 bridgehead atoms. The van der Waals surface area contributed by atoms with E-state index in [9.17, 15) is 0 Å². The average Bonchev–Trinajstić information content (AvgIpc) is 2.30. The van der Waals surface area contributed by atoms with E-state index in [-0.39, 0.29) is 0 Å². The molecule has 1 saturated carbocycles. The molecule has 0 aromatic heterocycles. The van der Waals surface area contributed by atoms with E-state index < -0.39 is 0 Å². The summed E-state index contributed by atoms with van der Waals surface area (Å²) in [6.45, 7) is 8.38. The van der Waals surface area contributed by atoms with Crippen molar-refractivity contribution >= 4 is 0 Å². The first-order chi connectivity index (χ1) is 8.14. The van der Waals surface area contributed by atoms with Crippen LogP contribution < -0.4 is 5.32 Å². The van der Waals surface area contributed by atoms with Crippen LogP contribution in [0.4, 0.5) is 0 Å². The smallest absolute Gasteiger partial charge is 0.0587 e. The fourth-order valence-electron chi connectivity index (χ4n) is 2.29. The van der Waals surface area contributed by atoms with Gasteiger partial charge in [-0.25, -0.2) is 0 Å². The van der Waals surface area contributed by atoms with Gasteiger partial charge in [0.15, 0.2) is 0 Å². The van der Waals surface area contributed by atoms with Crippen LogP contribution >= 0.6 is 0 Å². The van der Waals surface area contributed by atoms with Crippen molar-refractivity contribution in [3.8, 4) is 0 Å². The van der Waals surface area contributed by atoms with Crippen LogP contribution in [-0.4, -0.2) is 39.5 Å². The molecule has 1 fully saturated rings. The molecule has 0 saturated heterocycles. The van der Waals surface area contributed by atoms with Gasteiger partial charge in [0.2, 0.25) is 0 Å². The molecule has 0 aromatic rings. The maximum Gasteiger partial charge on any atom is 0.0587 e. The summed E-state index contributed by atoms with van der Waals surface area (Å²) in [4.78, 5) is 0. The van der Waals surface area contributed by atoms with Gasteiger partial charge in [-0.05, 0) is 44.1 Å². The fraction of sp³-hybridized carbons (Fsp3) is 1.00. The van der Waals surface area contributed by atoms with E-state index >= 15 is 0 Å². The maximum absolute atomic E-state index is 5.91. The highest BCUT2D eigenvalue weighted by Crippen LogP contribution is 2.36. The fourth-order valence-corrected chi connectivity index (χ4v) is 2.29. The van der Waals surface area contributed by atoms with Gasteiger partial charge in [-0.15, -0.1) is 0 Å². The van der Waals surface area contributed by atoms with Crippen LogP contribution in [0.25, 0.3) is 0 Å². The molecule has 1 aliphatic carbocycles. The van der Waals surface area contributed by atoms with Gasteiger partial charge >= 0.3 is 0 Å². The molecule has 1 rings (SSSR count). The molecule has 0 aromatic carbocycles. The summed E-state index contributed by atoms with van der Waals surface area (Å²) in [5.41, 5.74) is 0.543. The Bertz CT molecular complexity index is 185. The summed E-state index contributed by atoms with van der Waals surface area (Å²) in [5.74, 6) is 0. The van der Waals surface area contributed by atoms with Gasteiger partial charge in [0, 0.05) is 20.3 Å². The quantitative estimate of drug-likeness (QED) is 0.665. The van der Waals surface area contributed by atoms with Crippen LogP contribution in [0.2, 0.25) is 0 Å². The summed E-state index contributed by atoms with van der Waals surface area (Å²) < 4.78 is 10.9. The Balaban J connectivity index is 1.90. The van der Waals surface area contributed by atoms with Crippen LogP contribution in [0.5, 0.6) is 0 Å². The standard InChI is InChI=1S/C14H29NO2/c1-14(2)7-5-13(6-8-14)17-11-4-9-15-10-12-16-3/h13,15H,4-12H2,1-3H3. The van der Waals surface area contributed by atoms with Crippen molar-refractivity contribution in [2.45, 2.75) is 52.1 Å². The SMILES string of the molecule is COCCNCCCOC1CCC(C)(C)CC1.